The summed E-state index contributed by atoms with van der Waals surface area (Å²) in [7, 11) is -2.13. The summed E-state index contributed by atoms with van der Waals surface area (Å²) in [5, 5.41) is 0. The van der Waals surface area contributed by atoms with Crippen molar-refractivity contribution in [2.24, 2.45) is 5.92 Å². The predicted molar refractivity (Wildman–Crippen MR) is 101 cm³/mol. The monoisotopic (exact) mass is 407 g/mol. The number of carbonyl (C=O) groups excluding carboxylic acids is 2. The third kappa shape index (κ3) is 3.37. The highest BCUT2D eigenvalue weighted by Crippen LogP contribution is 2.30. The molecule has 0 N–H and O–H groups in total. The smallest absolute Gasteiger partial charge is 0.243 e. The average Bonchev–Trinajstić information content (AvgIpc) is 3.30. The van der Waals surface area contributed by atoms with E-state index < -0.39 is 10.0 Å². The fraction of sp³-hybridized carbons (Fsp3) is 0.579. The molecule has 0 aromatic heterocycles. The number of carbonyl (C=O) groups is 2. The van der Waals surface area contributed by atoms with E-state index in [9.17, 15) is 18.0 Å². The van der Waals surface area contributed by atoms with Crippen LogP contribution in [0.3, 0.4) is 0 Å². The number of benzene rings is 1. The highest BCUT2D eigenvalue weighted by molar-refractivity contribution is 7.89. The Hall–Kier alpha value is -2.13. The summed E-state index contributed by atoms with van der Waals surface area (Å²) < 4.78 is 32.0. The van der Waals surface area contributed by atoms with Gasteiger partial charge in [0.2, 0.25) is 21.8 Å². The molecule has 1 atom stereocenters. The van der Waals surface area contributed by atoms with Crippen molar-refractivity contribution < 1.29 is 22.7 Å². The Morgan fingerprint density at radius 2 is 1.86 bits per heavy atom. The first-order valence-corrected chi connectivity index (χ1v) is 11.1. The number of sulfonamides is 1. The summed E-state index contributed by atoms with van der Waals surface area (Å²) >= 11 is 0. The fourth-order valence-corrected chi connectivity index (χ4v) is 5.72. The number of hydrogen-bond donors (Lipinski definition) is 0. The van der Waals surface area contributed by atoms with Crippen LogP contribution in [-0.4, -0.2) is 80.2 Å². The number of hydrogen-bond acceptors (Lipinski definition) is 5. The number of amides is 2. The van der Waals surface area contributed by atoms with Gasteiger partial charge in [0.05, 0.1) is 24.0 Å². The van der Waals surface area contributed by atoms with Gasteiger partial charge in [0.25, 0.3) is 0 Å². The van der Waals surface area contributed by atoms with E-state index in [0.717, 1.165) is 25.9 Å². The third-order valence-electron chi connectivity index (χ3n) is 5.87. The van der Waals surface area contributed by atoms with Gasteiger partial charge in [-0.25, -0.2) is 8.42 Å². The second kappa shape index (κ2) is 7.36. The lowest BCUT2D eigenvalue weighted by Gasteiger charge is -2.43. The van der Waals surface area contributed by atoms with Gasteiger partial charge in [0, 0.05) is 45.2 Å². The maximum atomic E-state index is 12.8. The molecule has 3 aliphatic rings. The van der Waals surface area contributed by atoms with Crippen molar-refractivity contribution in [2.75, 3.05) is 39.8 Å². The second-order valence-corrected chi connectivity index (χ2v) is 9.57. The molecule has 1 aromatic carbocycles. The van der Waals surface area contributed by atoms with Gasteiger partial charge in [-0.15, -0.1) is 0 Å². The third-order valence-corrected chi connectivity index (χ3v) is 7.70. The Morgan fingerprint density at radius 1 is 1.14 bits per heavy atom. The van der Waals surface area contributed by atoms with E-state index in [1.54, 1.807) is 17.0 Å². The van der Waals surface area contributed by atoms with Crippen LogP contribution in [0, 0.1) is 5.92 Å². The van der Waals surface area contributed by atoms with Crippen LogP contribution in [-0.2, 0) is 19.6 Å². The number of methoxy groups -OCH3 is 1. The molecule has 3 saturated heterocycles. The average molecular weight is 407 g/mol. The Morgan fingerprint density at radius 3 is 2.54 bits per heavy atom. The number of nitrogens with zero attached hydrogens (tertiary/aromatic N) is 3. The van der Waals surface area contributed by atoms with Crippen LogP contribution in [0.4, 0.5) is 0 Å². The molecule has 0 saturated carbocycles. The molecule has 9 heteroatoms. The lowest BCUT2D eigenvalue weighted by atomic mass is 10.1. The normalized spacial score (nSPS) is 23.9. The first kappa shape index (κ1) is 19.2. The Bertz CT molecular complexity index is 875. The van der Waals surface area contributed by atoms with Crippen molar-refractivity contribution in [1.82, 2.24) is 14.1 Å². The van der Waals surface area contributed by atoms with Crippen molar-refractivity contribution in [3.05, 3.63) is 24.3 Å². The summed E-state index contributed by atoms with van der Waals surface area (Å²) in [6.45, 7) is 2.47. The molecule has 3 fully saturated rings. The van der Waals surface area contributed by atoms with E-state index in [-0.39, 0.29) is 48.2 Å². The molecule has 1 aromatic rings. The zero-order valence-electron chi connectivity index (χ0n) is 15.9. The van der Waals surface area contributed by atoms with Crippen LogP contribution < -0.4 is 4.74 Å². The van der Waals surface area contributed by atoms with Crippen molar-refractivity contribution in [3.8, 4) is 5.75 Å². The highest BCUT2D eigenvalue weighted by Gasteiger charge is 2.46. The van der Waals surface area contributed by atoms with Crippen LogP contribution >= 0.6 is 0 Å². The molecule has 0 spiro atoms. The molecule has 3 heterocycles. The number of rotatable bonds is 5. The molecule has 4 rings (SSSR count). The van der Waals surface area contributed by atoms with Crippen LogP contribution in [0.25, 0.3) is 0 Å². The van der Waals surface area contributed by atoms with Crippen molar-refractivity contribution in [3.63, 3.8) is 0 Å². The van der Waals surface area contributed by atoms with Gasteiger partial charge >= 0.3 is 0 Å². The van der Waals surface area contributed by atoms with Crippen LogP contribution in [0.2, 0.25) is 0 Å². The van der Waals surface area contributed by atoms with Gasteiger partial charge in [-0.2, -0.15) is 4.31 Å². The second-order valence-electron chi connectivity index (χ2n) is 7.63. The Balaban J connectivity index is 1.38. The van der Waals surface area contributed by atoms with Gasteiger partial charge in [0.1, 0.15) is 5.75 Å². The van der Waals surface area contributed by atoms with Crippen LogP contribution in [0.15, 0.2) is 29.2 Å². The Kier molecular flexibility index (Phi) is 5.05. The zero-order valence-corrected chi connectivity index (χ0v) is 16.7. The first-order valence-electron chi connectivity index (χ1n) is 9.62. The molecule has 0 aliphatic carbocycles. The largest absolute Gasteiger partial charge is 0.497 e. The van der Waals surface area contributed by atoms with Crippen molar-refractivity contribution in [2.45, 2.75) is 30.2 Å². The maximum Gasteiger partial charge on any atom is 0.243 e. The molecule has 3 aliphatic heterocycles. The topological polar surface area (TPSA) is 87.2 Å². The molecular weight excluding hydrogens is 382 g/mol. The highest BCUT2D eigenvalue weighted by atomic mass is 32.2. The van der Waals surface area contributed by atoms with Crippen LogP contribution in [0.1, 0.15) is 19.3 Å². The van der Waals surface area contributed by atoms with Gasteiger partial charge in [-0.3, -0.25) is 9.59 Å². The quantitative estimate of drug-likeness (QED) is 0.711. The summed E-state index contributed by atoms with van der Waals surface area (Å²) in [6.07, 6.45) is 2.28. The fourth-order valence-electron chi connectivity index (χ4n) is 4.17. The van der Waals surface area contributed by atoms with Gasteiger partial charge in [-0.1, -0.05) is 6.07 Å². The predicted octanol–water partition coefficient (Wildman–Crippen LogP) is 0.539. The lowest BCUT2D eigenvalue weighted by Crippen LogP contribution is -2.61. The van der Waals surface area contributed by atoms with E-state index in [2.05, 4.69) is 0 Å². The lowest BCUT2D eigenvalue weighted by molar-refractivity contribution is -0.135. The van der Waals surface area contributed by atoms with Gasteiger partial charge in [0.15, 0.2) is 0 Å². The maximum absolute atomic E-state index is 12.8. The first-order chi connectivity index (χ1) is 13.4. The number of ether oxygens (including phenoxy) is 1. The SMILES string of the molecule is COc1cccc(S(=O)(=O)N2CC(N3CC(C(=O)N4CCCC4)CC3=O)C2)c1. The zero-order chi connectivity index (χ0) is 19.9. The van der Waals surface area contributed by atoms with Crippen molar-refractivity contribution >= 4 is 21.8 Å². The summed E-state index contributed by atoms with van der Waals surface area (Å²) in [6, 6.07) is 6.20. The molecule has 28 heavy (non-hydrogen) atoms. The van der Waals surface area contributed by atoms with E-state index in [0.29, 0.717) is 12.3 Å². The molecule has 0 radical (unpaired) electrons. The molecule has 8 nitrogen and oxygen atoms in total. The van der Waals surface area contributed by atoms with Gasteiger partial charge < -0.3 is 14.5 Å². The van der Waals surface area contributed by atoms with Crippen molar-refractivity contribution in [1.29, 1.82) is 0 Å². The molecule has 0 bridgehead atoms. The minimum atomic E-state index is -3.62. The molecule has 1 unspecified atom stereocenters. The number of likely N-dealkylation sites (tertiary alicyclic amines) is 2. The van der Waals surface area contributed by atoms with Gasteiger partial charge in [-0.05, 0) is 25.0 Å². The minimum Gasteiger partial charge on any atom is -0.497 e. The molecular formula is C19H25N3O5S. The van der Waals surface area contributed by atoms with E-state index in [1.165, 1.54) is 23.5 Å². The van der Waals surface area contributed by atoms with E-state index in [4.69, 9.17) is 4.74 Å². The Labute approximate surface area is 165 Å². The van der Waals surface area contributed by atoms with E-state index >= 15 is 0 Å². The summed E-state index contributed by atoms with van der Waals surface area (Å²) in [5.74, 6) is 0.195. The van der Waals surface area contributed by atoms with E-state index in [1.807, 2.05) is 4.90 Å². The standard InChI is InChI=1S/C19H25N3O5S/c1-27-16-5-4-6-17(10-16)28(25,26)21-12-15(13-21)22-11-14(9-18(22)23)19(24)20-7-2-3-8-20/h4-6,10,14-15H,2-3,7-9,11-13H2,1H3. The minimum absolute atomic E-state index is 0.0547. The molecule has 152 valence electrons. The van der Waals surface area contributed by atoms with Crippen LogP contribution in [0.5, 0.6) is 5.75 Å². The molecule has 2 amide bonds. The summed E-state index contributed by atoms with van der Waals surface area (Å²) in [5.41, 5.74) is 0. The summed E-state index contributed by atoms with van der Waals surface area (Å²) in [4.78, 5) is 28.7.